The van der Waals surface area contributed by atoms with Crippen molar-refractivity contribution in [3.8, 4) is 0 Å². The molecule has 6 nitrogen and oxygen atoms in total. The third-order valence-electron chi connectivity index (χ3n) is 4.70. The normalized spacial score (nSPS) is 14.3. The molecule has 1 saturated heterocycles. The molecule has 1 aliphatic heterocycles. The van der Waals surface area contributed by atoms with E-state index in [0.717, 1.165) is 32.4 Å². The molecule has 27 heavy (non-hydrogen) atoms. The van der Waals surface area contributed by atoms with Crippen LogP contribution in [0.25, 0.3) is 5.52 Å². The lowest BCUT2D eigenvalue weighted by Crippen LogP contribution is -2.36. The van der Waals surface area contributed by atoms with Gasteiger partial charge in [-0.2, -0.15) is 0 Å². The molecule has 3 aromatic rings. The van der Waals surface area contributed by atoms with Crippen molar-refractivity contribution in [2.24, 2.45) is 0 Å². The monoisotopic (exact) mass is 382 g/mol. The Morgan fingerprint density at radius 1 is 1.00 bits per heavy atom. The molecular formula is C20H19ClN4O2. The highest BCUT2D eigenvalue weighted by atomic mass is 35.5. The number of halogens is 1. The molecule has 4 rings (SSSR count). The van der Waals surface area contributed by atoms with Crippen molar-refractivity contribution in [2.45, 2.75) is 19.3 Å². The van der Waals surface area contributed by atoms with Crippen LogP contribution in [-0.2, 0) is 0 Å². The van der Waals surface area contributed by atoms with Crippen LogP contribution >= 0.6 is 11.6 Å². The number of likely N-dealkylation sites (tertiary alicyclic amines) is 1. The zero-order valence-electron chi connectivity index (χ0n) is 14.7. The van der Waals surface area contributed by atoms with Crippen molar-refractivity contribution >= 4 is 34.6 Å². The first-order valence-electron chi connectivity index (χ1n) is 8.97. The Kier molecular flexibility index (Phi) is 4.81. The molecule has 0 aliphatic carbocycles. The van der Waals surface area contributed by atoms with Gasteiger partial charge in [0.05, 0.1) is 5.52 Å². The van der Waals surface area contributed by atoms with E-state index in [1.807, 2.05) is 23.1 Å². The number of nitrogens with one attached hydrogen (secondary N) is 1. The second kappa shape index (κ2) is 7.40. The fraction of sp³-hybridized carbons (Fsp3) is 0.250. The Bertz CT molecular complexity index is 991. The Balaban J connectivity index is 1.67. The highest BCUT2D eigenvalue weighted by Crippen LogP contribution is 2.20. The summed E-state index contributed by atoms with van der Waals surface area (Å²) >= 11 is 5.88. The van der Waals surface area contributed by atoms with E-state index in [-0.39, 0.29) is 17.6 Å². The van der Waals surface area contributed by atoms with Crippen molar-refractivity contribution in [3.05, 3.63) is 65.2 Å². The molecule has 2 amide bonds. The molecule has 2 aromatic heterocycles. The summed E-state index contributed by atoms with van der Waals surface area (Å²) in [6.45, 7) is 1.47. The topological polar surface area (TPSA) is 66.7 Å². The van der Waals surface area contributed by atoms with Crippen molar-refractivity contribution in [1.82, 2.24) is 14.3 Å². The minimum absolute atomic E-state index is 0.121. The van der Waals surface area contributed by atoms with E-state index in [9.17, 15) is 9.59 Å². The number of aromatic nitrogens is 2. The molecule has 1 fully saturated rings. The van der Waals surface area contributed by atoms with Crippen molar-refractivity contribution in [1.29, 1.82) is 0 Å². The standard InChI is InChI=1S/C20H19ClN4O2/c21-14-7-9-15(10-8-14)22-19(26)18-23-17(16-6-2-5-13-25(16)18)20(27)24-11-3-1-4-12-24/h2,5-10,13H,1,3-4,11-12H2,(H,22,26). The first-order chi connectivity index (χ1) is 13.1. The van der Waals surface area contributed by atoms with Crippen LogP contribution in [0.4, 0.5) is 5.69 Å². The average molecular weight is 383 g/mol. The second-order valence-electron chi connectivity index (χ2n) is 6.55. The highest BCUT2D eigenvalue weighted by Gasteiger charge is 2.26. The van der Waals surface area contributed by atoms with E-state index < -0.39 is 0 Å². The molecule has 0 spiro atoms. The summed E-state index contributed by atoms with van der Waals surface area (Å²) in [5.41, 5.74) is 1.56. The van der Waals surface area contributed by atoms with Crippen LogP contribution in [0.15, 0.2) is 48.7 Å². The number of fused-ring (bicyclic) bond motifs is 1. The van der Waals surface area contributed by atoms with E-state index in [4.69, 9.17) is 11.6 Å². The minimum Gasteiger partial charge on any atom is -0.337 e. The Morgan fingerprint density at radius 3 is 2.48 bits per heavy atom. The second-order valence-corrected chi connectivity index (χ2v) is 6.99. The van der Waals surface area contributed by atoms with E-state index >= 15 is 0 Å². The lowest BCUT2D eigenvalue weighted by Gasteiger charge is -2.25. The number of piperidine rings is 1. The van der Waals surface area contributed by atoms with Gasteiger partial charge < -0.3 is 10.2 Å². The largest absolute Gasteiger partial charge is 0.337 e. The zero-order chi connectivity index (χ0) is 18.8. The van der Waals surface area contributed by atoms with Gasteiger partial charge in [0.1, 0.15) is 0 Å². The van der Waals surface area contributed by atoms with Crippen molar-refractivity contribution < 1.29 is 9.59 Å². The fourth-order valence-corrected chi connectivity index (χ4v) is 3.45. The maximum absolute atomic E-state index is 12.9. The molecule has 0 radical (unpaired) electrons. The number of nitrogens with zero attached hydrogens (tertiary/aromatic N) is 3. The SMILES string of the molecule is O=C(Nc1ccc(Cl)cc1)c1nc(C(=O)N2CCCCC2)c2ccccn12. The molecule has 1 aromatic carbocycles. The predicted molar refractivity (Wildman–Crippen MR) is 104 cm³/mol. The van der Waals surface area contributed by atoms with E-state index in [0.29, 0.717) is 21.9 Å². The number of rotatable bonds is 3. The van der Waals surface area contributed by atoms with Gasteiger partial charge in [0.2, 0.25) is 5.82 Å². The number of carbonyl (C=O) groups is 2. The Morgan fingerprint density at radius 2 is 1.74 bits per heavy atom. The smallest absolute Gasteiger partial charge is 0.292 e. The zero-order valence-corrected chi connectivity index (χ0v) is 15.4. The van der Waals surface area contributed by atoms with Crippen LogP contribution < -0.4 is 5.32 Å². The molecule has 1 N–H and O–H groups in total. The first kappa shape index (κ1) is 17.5. The molecule has 7 heteroatoms. The van der Waals surface area contributed by atoms with Gasteiger partial charge in [-0.3, -0.25) is 14.0 Å². The maximum Gasteiger partial charge on any atom is 0.292 e. The summed E-state index contributed by atoms with van der Waals surface area (Å²) in [6, 6.07) is 12.3. The lowest BCUT2D eigenvalue weighted by molar-refractivity contribution is 0.0721. The van der Waals surface area contributed by atoms with Gasteiger partial charge in [0, 0.05) is 30.0 Å². The van der Waals surface area contributed by atoms with Crippen molar-refractivity contribution in [3.63, 3.8) is 0 Å². The first-order valence-corrected chi connectivity index (χ1v) is 9.34. The van der Waals surface area contributed by atoms with Crippen LogP contribution in [0.2, 0.25) is 5.02 Å². The van der Waals surface area contributed by atoms with Crippen LogP contribution in [0, 0.1) is 0 Å². The number of amides is 2. The summed E-state index contributed by atoms with van der Waals surface area (Å²) in [7, 11) is 0. The van der Waals surface area contributed by atoms with Gasteiger partial charge in [0.25, 0.3) is 11.8 Å². The van der Waals surface area contributed by atoms with Gasteiger partial charge in [-0.15, -0.1) is 0 Å². The molecule has 1 aliphatic rings. The Labute approximate surface area is 161 Å². The lowest BCUT2D eigenvalue weighted by atomic mass is 10.1. The van der Waals surface area contributed by atoms with E-state index in [1.165, 1.54) is 0 Å². The third kappa shape index (κ3) is 3.53. The average Bonchev–Trinajstić information content (AvgIpc) is 3.10. The van der Waals surface area contributed by atoms with Crippen molar-refractivity contribution in [2.75, 3.05) is 18.4 Å². The number of anilines is 1. The third-order valence-corrected chi connectivity index (χ3v) is 4.95. The number of pyridine rings is 1. The Hall–Kier alpha value is -2.86. The number of benzene rings is 1. The molecule has 0 unspecified atom stereocenters. The number of imidazole rings is 1. The summed E-state index contributed by atoms with van der Waals surface area (Å²) in [6.07, 6.45) is 4.89. The number of carbonyl (C=O) groups excluding carboxylic acids is 2. The van der Waals surface area contributed by atoms with Gasteiger partial charge in [-0.1, -0.05) is 17.7 Å². The van der Waals surface area contributed by atoms with E-state index in [2.05, 4.69) is 10.3 Å². The molecule has 0 saturated carbocycles. The summed E-state index contributed by atoms with van der Waals surface area (Å²) in [4.78, 5) is 32.0. The molecular weight excluding hydrogens is 364 g/mol. The quantitative estimate of drug-likeness (QED) is 0.747. The molecule has 3 heterocycles. The van der Waals surface area contributed by atoms with Crippen LogP contribution in [-0.4, -0.2) is 39.2 Å². The van der Waals surface area contributed by atoms with Crippen LogP contribution in [0.5, 0.6) is 0 Å². The van der Waals surface area contributed by atoms with Gasteiger partial charge in [-0.05, 0) is 55.7 Å². The van der Waals surface area contributed by atoms with E-state index in [1.54, 1.807) is 34.9 Å². The fourth-order valence-electron chi connectivity index (χ4n) is 3.32. The van der Waals surface area contributed by atoms with Crippen LogP contribution in [0.1, 0.15) is 40.4 Å². The van der Waals surface area contributed by atoms with Gasteiger partial charge in [0.15, 0.2) is 5.69 Å². The molecule has 0 atom stereocenters. The summed E-state index contributed by atoms with van der Waals surface area (Å²) in [5.74, 6) is -0.318. The minimum atomic E-state index is -0.379. The summed E-state index contributed by atoms with van der Waals surface area (Å²) < 4.78 is 1.66. The maximum atomic E-state index is 12.9. The summed E-state index contributed by atoms with van der Waals surface area (Å²) in [5, 5.41) is 3.39. The number of hydrogen-bond donors (Lipinski definition) is 1. The number of hydrogen-bond acceptors (Lipinski definition) is 3. The predicted octanol–water partition coefficient (Wildman–Crippen LogP) is 3.87. The van der Waals surface area contributed by atoms with Crippen LogP contribution in [0.3, 0.4) is 0 Å². The highest BCUT2D eigenvalue weighted by molar-refractivity contribution is 6.30. The molecule has 0 bridgehead atoms. The van der Waals surface area contributed by atoms with Gasteiger partial charge >= 0.3 is 0 Å². The molecule has 138 valence electrons. The van der Waals surface area contributed by atoms with Gasteiger partial charge in [-0.25, -0.2) is 4.98 Å².